The first-order valence-electron chi connectivity index (χ1n) is 12.0. The van der Waals surface area contributed by atoms with E-state index in [1.165, 1.54) is 12.1 Å². The highest BCUT2D eigenvalue weighted by Gasteiger charge is 2.33. The molecule has 5 rings (SSSR count). The van der Waals surface area contributed by atoms with Gasteiger partial charge in [0.25, 0.3) is 5.91 Å². The maximum Gasteiger partial charge on any atom is 0.418 e. The van der Waals surface area contributed by atoms with Crippen molar-refractivity contribution in [3.05, 3.63) is 84.1 Å². The summed E-state index contributed by atoms with van der Waals surface area (Å²) in [6, 6.07) is 17.8. The number of nitrogens with zero attached hydrogens (tertiary/aromatic N) is 3. The third kappa shape index (κ3) is 5.76. The van der Waals surface area contributed by atoms with E-state index >= 15 is 0 Å². The van der Waals surface area contributed by atoms with Crippen LogP contribution in [-0.2, 0) is 10.9 Å². The monoisotopic (exact) mass is 509 g/mol. The Balaban J connectivity index is 1.30. The van der Waals surface area contributed by atoms with Crippen LogP contribution in [0.4, 0.5) is 24.5 Å². The Morgan fingerprint density at radius 2 is 1.81 bits per heavy atom. The molecule has 2 N–H and O–H groups in total. The van der Waals surface area contributed by atoms with Gasteiger partial charge in [-0.2, -0.15) is 18.3 Å². The highest BCUT2D eigenvalue weighted by atomic mass is 19.4. The van der Waals surface area contributed by atoms with Crippen molar-refractivity contribution in [3.8, 4) is 5.69 Å². The fraction of sp³-hybridized carbons (Fsp3) is 0.259. The van der Waals surface area contributed by atoms with Crippen LogP contribution in [0.25, 0.3) is 16.6 Å². The smallest absolute Gasteiger partial charge is 0.379 e. The van der Waals surface area contributed by atoms with Gasteiger partial charge in [-0.1, -0.05) is 18.2 Å². The summed E-state index contributed by atoms with van der Waals surface area (Å²) in [4.78, 5) is 15.0. The van der Waals surface area contributed by atoms with Gasteiger partial charge in [-0.05, 0) is 48.5 Å². The third-order valence-corrected chi connectivity index (χ3v) is 6.25. The summed E-state index contributed by atoms with van der Waals surface area (Å²) in [5, 5.41) is 11.0. The number of carbonyl (C=O) groups is 1. The minimum Gasteiger partial charge on any atom is -0.379 e. The van der Waals surface area contributed by atoms with Crippen LogP contribution in [0.2, 0.25) is 0 Å². The second-order valence-electron chi connectivity index (χ2n) is 8.76. The molecule has 0 aliphatic carbocycles. The van der Waals surface area contributed by atoms with Gasteiger partial charge in [-0.15, -0.1) is 0 Å². The largest absolute Gasteiger partial charge is 0.418 e. The van der Waals surface area contributed by atoms with Crippen molar-refractivity contribution < 1.29 is 22.7 Å². The van der Waals surface area contributed by atoms with E-state index in [1.807, 2.05) is 6.07 Å². The van der Waals surface area contributed by atoms with Crippen LogP contribution >= 0.6 is 0 Å². The standard InChI is InChI=1S/C27H26F3N5O2/c28-27(29,30)23-6-1-2-7-24(23)33-21-8-9-25-20(16-21)18-32-35(25)22-5-3-4-19(17-22)26(36)31-10-11-34-12-14-37-15-13-34/h1-9,16-18,33H,10-15H2,(H,31,36). The van der Waals surface area contributed by atoms with E-state index in [2.05, 4.69) is 20.6 Å². The van der Waals surface area contributed by atoms with Gasteiger partial charge in [0.1, 0.15) is 0 Å². The molecule has 7 nitrogen and oxygen atoms in total. The number of aromatic nitrogens is 2. The number of para-hydroxylation sites is 1. The van der Waals surface area contributed by atoms with Crippen molar-refractivity contribution in [1.29, 1.82) is 0 Å². The number of hydrogen-bond donors (Lipinski definition) is 2. The highest BCUT2D eigenvalue weighted by molar-refractivity contribution is 5.95. The summed E-state index contributed by atoms with van der Waals surface area (Å²) in [5.74, 6) is -0.165. The van der Waals surface area contributed by atoms with Gasteiger partial charge in [0.15, 0.2) is 0 Å². The number of rotatable bonds is 7. The van der Waals surface area contributed by atoms with Gasteiger partial charge >= 0.3 is 6.18 Å². The van der Waals surface area contributed by atoms with Crippen LogP contribution in [0.5, 0.6) is 0 Å². The number of benzene rings is 3. The maximum atomic E-state index is 13.4. The summed E-state index contributed by atoms with van der Waals surface area (Å²) in [6.45, 7) is 4.47. The molecular formula is C27H26F3N5O2. The molecule has 0 saturated carbocycles. The number of amides is 1. The highest BCUT2D eigenvalue weighted by Crippen LogP contribution is 2.36. The summed E-state index contributed by atoms with van der Waals surface area (Å²) >= 11 is 0. The van der Waals surface area contributed by atoms with Crippen molar-refractivity contribution in [2.45, 2.75) is 6.18 Å². The van der Waals surface area contributed by atoms with Crippen molar-refractivity contribution in [1.82, 2.24) is 20.0 Å². The fourth-order valence-electron chi connectivity index (χ4n) is 4.34. The molecule has 10 heteroatoms. The van der Waals surface area contributed by atoms with Crippen molar-refractivity contribution in [2.24, 2.45) is 0 Å². The molecule has 0 radical (unpaired) electrons. The average molecular weight is 510 g/mol. The zero-order valence-corrected chi connectivity index (χ0v) is 20.0. The number of morpholine rings is 1. The van der Waals surface area contributed by atoms with Gasteiger partial charge < -0.3 is 15.4 Å². The predicted molar refractivity (Wildman–Crippen MR) is 135 cm³/mol. The Morgan fingerprint density at radius 3 is 2.62 bits per heavy atom. The molecule has 3 aromatic carbocycles. The molecular weight excluding hydrogens is 483 g/mol. The summed E-state index contributed by atoms with van der Waals surface area (Å²) in [6.07, 6.45) is -2.82. The lowest BCUT2D eigenvalue weighted by Gasteiger charge is -2.26. The topological polar surface area (TPSA) is 71.4 Å². The number of carbonyl (C=O) groups excluding carboxylic acids is 1. The van der Waals surface area contributed by atoms with Crippen molar-refractivity contribution in [2.75, 3.05) is 44.7 Å². The van der Waals surface area contributed by atoms with Gasteiger partial charge in [-0.3, -0.25) is 9.69 Å². The molecule has 1 fully saturated rings. The van der Waals surface area contributed by atoms with E-state index in [0.717, 1.165) is 36.6 Å². The Kier molecular flexibility index (Phi) is 7.11. The lowest BCUT2D eigenvalue weighted by molar-refractivity contribution is -0.136. The summed E-state index contributed by atoms with van der Waals surface area (Å²) in [7, 11) is 0. The molecule has 1 aromatic heterocycles. The van der Waals surface area contributed by atoms with Crippen LogP contribution < -0.4 is 10.6 Å². The quantitative estimate of drug-likeness (QED) is 0.373. The number of ether oxygens (including phenoxy) is 1. The Hall–Kier alpha value is -3.89. The maximum absolute atomic E-state index is 13.4. The molecule has 0 spiro atoms. The Morgan fingerprint density at radius 1 is 1.00 bits per heavy atom. The first-order chi connectivity index (χ1) is 17.9. The number of alkyl halides is 3. The second-order valence-corrected chi connectivity index (χ2v) is 8.76. The van der Waals surface area contributed by atoms with Crippen molar-refractivity contribution in [3.63, 3.8) is 0 Å². The summed E-state index contributed by atoms with van der Waals surface area (Å²) in [5.41, 5.74) is 1.75. The van der Waals surface area contributed by atoms with Crippen LogP contribution in [0, 0.1) is 0 Å². The van der Waals surface area contributed by atoms with E-state index in [9.17, 15) is 18.0 Å². The molecule has 0 bridgehead atoms. The number of fused-ring (bicyclic) bond motifs is 1. The van der Waals surface area contributed by atoms with Gasteiger partial charge in [0.2, 0.25) is 0 Å². The minimum atomic E-state index is -4.46. The lowest BCUT2D eigenvalue weighted by Crippen LogP contribution is -2.41. The molecule has 0 atom stereocenters. The van der Waals surface area contributed by atoms with Gasteiger partial charge in [-0.25, -0.2) is 4.68 Å². The Bertz CT molecular complexity index is 1400. The zero-order chi connectivity index (χ0) is 25.8. The van der Waals surface area contributed by atoms with Crippen LogP contribution in [0.3, 0.4) is 0 Å². The Labute approximate surface area is 211 Å². The van der Waals surface area contributed by atoms with Crippen LogP contribution in [0.15, 0.2) is 72.9 Å². The van der Waals surface area contributed by atoms with Crippen LogP contribution in [-0.4, -0.2) is 60.0 Å². The molecule has 37 heavy (non-hydrogen) atoms. The normalized spacial score (nSPS) is 14.6. The zero-order valence-electron chi connectivity index (χ0n) is 20.0. The molecule has 0 unspecified atom stereocenters. The molecule has 1 amide bonds. The molecule has 1 aliphatic heterocycles. The molecule has 192 valence electrons. The van der Waals surface area contributed by atoms with E-state index in [4.69, 9.17) is 4.74 Å². The fourth-order valence-corrected chi connectivity index (χ4v) is 4.34. The molecule has 2 heterocycles. The van der Waals surface area contributed by atoms with Crippen molar-refractivity contribution >= 4 is 28.2 Å². The molecule has 1 saturated heterocycles. The molecule has 4 aromatic rings. The number of halogens is 3. The minimum absolute atomic E-state index is 0.0194. The lowest BCUT2D eigenvalue weighted by atomic mass is 10.1. The van der Waals surface area contributed by atoms with Gasteiger partial charge in [0, 0.05) is 42.8 Å². The SMILES string of the molecule is O=C(NCCN1CCOCC1)c1cccc(-n2ncc3cc(Nc4ccccc4C(F)(F)F)ccc32)c1. The summed E-state index contributed by atoms with van der Waals surface area (Å²) < 4.78 is 47.1. The number of nitrogens with one attached hydrogen (secondary N) is 2. The third-order valence-electron chi connectivity index (χ3n) is 6.25. The van der Waals surface area contributed by atoms with E-state index in [-0.39, 0.29) is 11.6 Å². The first kappa shape index (κ1) is 24.8. The van der Waals surface area contributed by atoms with E-state index in [1.54, 1.807) is 53.3 Å². The number of hydrogen-bond acceptors (Lipinski definition) is 5. The average Bonchev–Trinajstić information content (AvgIpc) is 3.32. The first-order valence-corrected chi connectivity index (χ1v) is 12.0. The van der Waals surface area contributed by atoms with Crippen LogP contribution in [0.1, 0.15) is 15.9 Å². The predicted octanol–water partition coefficient (Wildman–Crippen LogP) is 4.85. The number of anilines is 2. The van der Waals surface area contributed by atoms with E-state index in [0.29, 0.717) is 36.7 Å². The second kappa shape index (κ2) is 10.6. The molecule has 1 aliphatic rings. The van der Waals surface area contributed by atoms with E-state index < -0.39 is 11.7 Å². The van der Waals surface area contributed by atoms with Gasteiger partial charge in [0.05, 0.1) is 41.9 Å².